The van der Waals surface area contributed by atoms with Crippen molar-refractivity contribution in [1.29, 1.82) is 0 Å². The summed E-state index contributed by atoms with van der Waals surface area (Å²) in [6.07, 6.45) is 0. The topological polar surface area (TPSA) is 39.3 Å². The number of benzene rings is 1. The highest BCUT2D eigenvalue weighted by Gasteiger charge is 2.22. The van der Waals surface area contributed by atoms with E-state index in [0.29, 0.717) is 5.69 Å². The summed E-state index contributed by atoms with van der Waals surface area (Å²) in [5, 5.41) is 0.750. The third kappa shape index (κ3) is 2.29. The van der Waals surface area contributed by atoms with Crippen LogP contribution in [0.15, 0.2) is 18.2 Å². The lowest BCUT2D eigenvalue weighted by Gasteiger charge is -2.32. The number of fused-ring (bicyclic) bond motifs is 1. The van der Waals surface area contributed by atoms with Crippen molar-refractivity contribution >= 4 is 16.8 Å². The summed E-state index contributed by atoms with van der Waals surface area (Å²) >= 11 is 0. The molecule has 0 aliphatic carbocycles. The number of aromatic amines is 1. The molecule has 2 heterocycles. The van der Waals surface area contributed by atoms with E-state index in [9.17, 15) is 9.18 Å². The first-order valence-electron chi connectivity index (χ1n) is 6.81. The number of aromatic nitrogens is 1. The van der Waals surface area contributed by atoms with Gasteiger partial charge in [-0.1, -0.05) is 0 Å². The Labute approximate surface area is 117 Å². The SMILES string of the molecule is Cc1cc(F)cc2cc(C(=O)N3CCN(C)CC3)[nH]c12. The summed E-state index contributed by atoms with van der Waals surface area (Å²) in [6.45, 7) is 5.08. The Bertz CT molecular complexity index is 656. The van der Waals surface area contributed by atoms with Crippen LogP contribution in [0.4, 0.5) is 4.39 Å². The molecule has 1 N–H and O–H groups in total. The number of likely N-dealkylation sites (N-methyl/N-ethyl adjacent to an activating group) is 1. The Kier molecular flexibility index (Phi) is 3.22. The first kappa shape index (κ1) is 13.1. The van der Waals surface area contributed by atoms with Gasteiger partial charge in [-0.25, -0.2) is 4.39 Å². The molecule has 2 aromatic rings. The number of H-pyrrole nitrogens is 1. The fourth-order valence-corrected chi connectivity index (χ4v) is 2.67. The average Bonchev–Trinajstić information content (AvgIpc) is 2.83. The molecule has 1 aromatic carbocycles. The van der Waals surface area contributed by atoms with Crippen LogP contribution in [0.5, 0.6) is 0 Å². The van der Waals surface area contributed by atoms with Crippen LogP contribution in [0.2, 0.25) is 0 Å². The molecule has 3 rings (SSSR count). The number of piperazine rings is 1. The van der Waals surface area contributed by atoms with Gasteiger partial charge in [0.2, 0.25) is 0 Å². The smallest absolute Gasteiger partial charge is 0.270 e. The van der Waals surface area contributed by atoms with E-state index in [1.165, 1.54) is 12.1 Å². The van der Waals surface area contributed by atoms with Crippen LogP contribution in [0.25, 0.3) is 10.9 Å². The number of nitrogens with one attached hydrogen (secondary N) is 1. The molecule has 0 saturated carbocycles. The van der Waals surface area contributed by atoms with Crippen LogP contribution in [-0.2, 0) is 0 Å². The molecule has 20 heavy (non-hydrogen) atoms. The van der Waals surface area contributed by atoms with Gasteiger partial charge in [0, 0.05) is 37.1 Å². The second kappa shape index (κ2) is 4.90. The van der Waals surface area contributed by atoms with E-state index < -0.39 is 0 Å². The molecular weight excluding hydrogens is 257 g/mol. The van der Waals surface area contributed by atoms with Crippen LogP contribution in [0.3, 0.4) is 0 Å². The van der Waals surface area contributed by atoms with Gasteiger partial charge in [-0.05, 0) is 37.7 Å². The van der Waals surface area contributed by atoms with Crippen molar-refractivity contribution in [3.63, 3.8) is 0 Å². The van der Waals surface area contributed by atoms with Crippen molar-refractivity contribution in [2.45, 2.75) is 6.92 Å². The maximum Gasteiger partial charge on any atom is 0.270 e. The van der Waals surface area contributed by atoms with Crippen LogP contribution in [0.1, 0.15) is 16.1 Å². The molecule has 1 aliphatic heterocycles. The van der Waals surface area contributed by atoms with Gasteiger partial charge in [0.1, 0.15) is 11.5 Å². The first-order chi connectivity index (χ1) is 9.54. The quantitative estimate of drug-likeness (QED) is 0.864. The molecule has 0 unspecified atom stereocenters. The molecule has 0 atom stereocenters. The Morgan fingerprint density at radius 2 is 1.90 bits per heavy atom. The Balaban J connectivity index is 1.90. The van der Waals surface area contributed by atoms with Crippen molar-refractivity contribution in [3.8, 4) is 0 Å². The molecule has 1 saturated heterocycles. The zero-order valence-corrected chi connectivity index (χ0v) is 11.7. The van der Waals surface area contributed by atoms with E-state index in [1.54, 1.807) is 6.07 Å². The number of halogens is 1. The summed E-state index contributed by atoms with van der Waals surface area (Å²) < 4.78 is 13.4. The second-order valence-electron chi connectivity index (χ2n) is 5.47. The number of carbonyl (C=O) groups is 1. The zero-order valence-electron chi connectivity index (χ0n) is 11.7. The van der Waals surface area contributed by atoms with Crippen molar-refractivity contribution in [3.05, 3.63) is 35.3 Å². The van der Waals surface area contributed by atoms with E-state index in [2.05, 4.69) is 16.9 Å². The predicted molar refractivity (Wildman–Crippen MR) is 76.4 cm³/mol. The van der Waals surface area contributed by atoms with E-state index in [-0.39, 0.29) is 11.7 Å². The second-order valence-corrected chi connectivity index (χ2v) is 5.47. The number of carbonyl (C=O) groups excluding carboxylic acids is 1. The number of amides is 1. The molecule has 1 fully saturated rings. The fraction of sp³-hybridized carbons (Fsp3) is 0.400. The lowest BCUT2D eigenvalue weighted by molar-refractivity contribution is 0.0659. The van der Waals surface area contributed by atoms with Gasteiger partial charge in [0.15, 0.2) is 0 Å². The van der Waals surface area contributed by atoms with E-state index >= 15 is 0 Å². The van der Waals surface area contributed by atoms with Crippen molar-refractivity contribution < 1.29 is 9.18 Å². The molecule has 106 valence electrons. The Morgan fingerprint density at radius 3 is 2.60 bits per heavy atom. The molecule has 0 bridgehead atoms. The minimum Gasteiger partial charge on any atom is -0.350 e. The van der Waals surface area contributed by atoms with Gasteiger partial charge in [0.05, 0.1) is 0 Å². The summed E-state index contributed by atoms with van der Waals surface area (Å²) in [7, 11) is 2.05. The van der Waals surface area contributed by atoms with Gasteiger partial charge in [-0.15, -0.1) is 0 Å². The van der Waals surface area contributed by atoms with Crippen molar-refractivity contribution in [2.24, 2.45) is 0 Å². The Hall–Kier alpha value is -1.88. The minimum absolute atomic E-state index is 0.00546. The average molecular weight is 275 g/mol. The number of rotatable bonds is 1. The molecule has 5 heteroatoms. The maximum atomic E-state index is 13.4. The molecule has 1 amide bonds. The van der Waals surface area contributed by atoms with Gasteiger partial charge >= 0.3 is 0 Å². The van der Waals surface area contributed by atoms with E-state index in [1.807, 2.05) is 11.8 Å². The van der Waals surface area contributed by atoms with Crippen molar-refractivity contribution in [2.75, 3.05) is 33.2 Å². The van der Waals surface area contributed by atoms with E-state index in [0.717, 1.165) is 42.6 Å². The maximum absolute atomic E-state index is 13.4. The third-order valence-electron chi connectivity index (χ3n) is 3.91. The highest BCUT2D eigenvalue weighted by Crippen LogP contribution is 2.21. The largest absolute Gasteiger partial charge is 0.350 e. The van der Waals surface area contributed by atoms with Crippen LogP contribution in [0, 0.1) is 12.7 Å². The van der Waals surface area contributed by atoms with Gasteiger partial charge in [0.25, 0.3) is 5.91 Å². The van der Waals surface area contributed by atoms with Gasteiger partial charge < -0.3 is 14.8 Å². The molecule has 1 aromatic heterocycles. The number of aryl methyl sites for hydroxylation is 1. The summed E-state index contributed by atoms with van der Waals surface area (Å²) in [4.78, 5) is 19.6. The zero-order chi connectivity index (χ0) is 14.3. The van der Waals surface area contributed by atoms with Crippen LogP contribution < -0.4 is 0 Å². The molecule has 4 nitrogen and oxygen atoms in total. The molecule has 0 radical (unpaired) electrons. The van der Waals surface area contributed by atoms with Crippen LogP contribution in [-0.4, -0.2) is 53.9 Å². The lowest BCUT2D eigenvalue weighted by atomic mass is 10.1. The van der Waals surface area contributed by atoms with Crippen LogP contribution >= 0.6 is 0 Å². The summed E-state index contributed by atoms with van der Waals surface area (Å²) in [5.74, 6) is -0.276. The highest BCUT2D eigenvalue weighted by molar-refractivity contribution is 5.98. The standard InChI is InChI=1S/C15H18FN3O/c1-10-7-12(16)8-11-9-13(17-14(10)11)15(20)19-5-3-18(2)4-6-19/h7-9,17H,3-6H2,1-2H3. The number of nitrogens with zero attached hydrogens (tertiary/aromatic N) is 2. The minimum atomic E-state index is -0.271. The summed E-state index contributed by atoms with van der Waals surface area (Å²) in [6, 6.07) is 4.68. The van der Waals surface area contributed by atoms with Gasteiger partial charge in [-0.3, -0.25) is 4.79 Å². The molecular formula is C15H18FN3O. The fourth-order valence-electron chi connectivity index (χ4n) is 2.67. The molecule has 0 spiro atoms. The highest BCUT2D eigenvalue weighted by atomic mass is 19.1. The number of hydrogen-bond acceptors (Lipinski definition) is 2. The number of hydrogen-bond donors (Lipinski definition) is 1. The van der Waals surface area contributed by atoms with Crippen molar-refractivity contribution in [1.82, 2.24) is 14.8 Å². The third-order valence-corrected chi connectivity index (χ3v) is 3.91. The van der Waals surface area contributed by atoms with Gasteiger partial charge in [-0.2, -0.15) is 0 Å². The van der Waals surface area contributed by atoms with E-state index in [4.69, 9.17) is 0 Å². The molecule has 1 aliphatic rings. The Morgan fingerprint density at radius 1 is 1.20 bits per heavy atom. The predicted octanol–water partition coefficient (Wildman–Crippen LogP) is 2.00. The lowest BCUT2D eigenvalue weighted by Crippen LogP contribution is -2.47. The first-order valence-corrected chi connectivity index (χ1v) is 6.81. The normalized spacial score (nSPS) is 16.9. The summed E-state index contributed by atoms with van der Waals surface area (Å²) in [5.41, 5.74) is 2.19. The monoisotopic (exact) mass is 275 g/mol.